The predicted octanol–water partition coefficient (Wildman–Crippen LogP) is 3.05. The van der Waals surface area contributed by atoms with Crippen molar-refractivity contribution in [2.45, 2.75) is 12.8 Å². The third-order valence-corrected chi connectivity index (χ3v) is 2.93. The number of hydrogen-bond acceptors (Lipinski definition) is 3. The zero-order valence-electron chi connectivity index (χ0n) is 9.31. The van der Waals surface area contributed by atoms with Gasteiger partial charge in [0.1, 0.15) is 5.76 Å². The van der Waals surface area contributed by atoms with Crippen LogP contribution in [0.3, 0.4) is 0 Å². The third-order valence-electron chi connectivity index (χ3n) is 2.66. The fraction of sp³-hybridized carbons (Fsp3) is 0.143. The van der Waals surface area contributed by atoms with Gasteiger partial charge in [-0.25, -0.2) is 4.79 Å². The Hall–Kier alpha value is -1.74. The summed E-state index contributed by atoms with van der Waals surface area (Å²) in [6.45, 7) is 3.38. The summed E-state index contributed by atoms with van der Waals surface area (Å²) < 4.78 is 5.13. The molecule has 0 atom stereocenters. The highest BCUT2D eigenvalue weighted by Gasteiger charge is 2.13. The molecule has 0 heterocycles. The fourth-order valence-electron chi connectivity index (χ4n) is 1.81. The maximum Gasteiger partial charge on any atom is 0.335 e. The molecule has 0 bridgehead atoms. The molecule has 2 nitrogen and oxygen atoms in total. The van der Waals surface area contributed by atoms with Crippen molar-refractivity contribution in [2.75, 3.05) is 0 Å². The van der Waals surface area contributed by atoms with E-state index in [1.54, 1.807) is 5.37 Å². The number of aryl methyl sites for hydroxylation is 1. The Bertz CT molecular complexity index is 515. The van der Waals surface area contributed by atoms with Crippen molar-refractivity contribution in [3.05, 3.63) is 53.3 Å². The van der Waals surface area contributed by atoms with Crippen LogP contribution in [0.2, 0.25) is 0 Å². The summed E-state index contributed by atoms with van der Waals surface area (Å²) in [6, 6.07) is 6.03. The Morgan fingerprint density at radius 1 is 1.41 bits per heavy atom. The molecule has 2 rings (SSSR count). The Balaban J connectivity index is 2.26. The first-order chi connectivity index (χ1) is 8.22. The minimum Gasteiger partial charge on any atom is -0.428 e. The molecule has 3 heteroatoms. The minimum atomic E-state index is -0.407. The first kappa shape index (κ1) is 11.7. The Labute approximate surface area is 106 Å². The van der Waals surface area contributed by atoms with Gasteiger partial charge in [0.25, 0.3) is 0 Å². The lowest BCUT2D eigenvalue weighted by molar-refractivity contribution is -0.133. The number of ether oxygens (including phenoxy) is 1. The first-order valence-electron chi connectivity index (χ1n) is 5.36. The molecule has 0 N–H and O–H groups in total. The number of hydrogen-bond donors (Lipinski definition) is 0. The van der Waals surface area contributed by atoms with Gasteiger partial charge in [-0.2, -0.15) is 0 Å². The van der Waals surface area contributed by atoms with Crippen LogP contribution in [0.15, 0.2) is 36.6 Å². The van der Waals surface area contributed by atoms with Crippen LogP contribution in [-0.2, 0) is 16.0 Å². The highest BCUT2D eigenvalue weighted by Crippen LogP contribution is 2.25. The van der Waals surface area contributed by atoms with Crippen molar-refractivity contribution >= 4 is 29.6 Å². The van der Waals surface area contributed by atoms with Crippen LogP contribution < -0.4 is 0 Å². The minimum absolute atomic E-state index is 0.407. The molecule has 0 aliphatic heterocycles. The molecular formula is C14H12O2S. The maximum atomic E-state index is 11.1. The molecule has 0 aromatic heterocycles. The zero-order valence-corrected chi connectivity index (χ0v) is 10.1. The van der Waals surface area contributed by atoms with Crippen molar-refractivity contribution in [1.82, 2.24) is 0 Å². The van der Waals surface area contributed by atoms with Gasteiger partial charge in [-0.05, 0) is 29.2 Å². The molecule has 0 saturated heterocycles. The molecule has 0 radical (unpaired) electrons. The van der Waals surface area contributed by atoms with Crippen molar-refractivity contribution in [2.24, 2.45) is 0 Å². The SMILES string of the molecule is C=CC(=O)OC1=Cc2ccc(C=S)cc2CC1. The summed E-state index contributed by atoms with van der Waals surface area (Å²) in [6.07, 6.45) is 4.66. The lowest BCUT2D eigenvalue weighted by atomic mass is 9.95. The van der Waals surface area contributed by atoms with E-state index in [0.717, 1.165) is 24.0 Å². The van der Waals surface area contributed by atoms with Crippen LogP contribution in [0.4, 0.5) is 0 Å². The van der Waals surface area contributed by atoms with Gasteiger partial charge in [-0.1, -0.05) is 37.0 Å². The molecule has 1 aliphatic rings. The van der Waals surface area contributed by atoms with Gasteiger partial charge in [0.2, 0.25) is 0 Å². The Morgan fingerprint density at radius 2 is 2.24 bits per heavy atom. The van der Waals surface area contributed by atoms with Gasteiger partial charge in [-0.15, -0.1) is 0 Å². The van der Waals surface area contributed by atoms with E-state index in [1.165, 1.54) is 11.6 Å². The molecular weight excluding hydrogens is 232 g/mol. The summed E-state index contributed by atoms with van der Waals surface area (Å²) in [5.41, 5.74) is 3.37. The van der Waals surface area contributed by atoms with Crippen LogP contribution in [0, 0.1) is 0 Å². The quantitative estimate of drug-likeness (QED) is 0.464. The number of esters is 1. The van der Waals surface area contributed by atoms with E-state index in [0.29, 0.717) is 5.76 Å². The number of benzene rings is 1. The summed E-state index contributed by atoms with van der Waals surface area (Å²) in [7, 11) is 0. The fourth-order valence-corrected chi connectivity index (χ4v) is 1.96. The smallest absolute Gasteiger partial charge is 0.335 e. The standard InChI is InChI=1S/C14H12O2S/c1-2-14(15)16-13-6-5-11-7-10(9-17)3-4-12(11)8-13/h2-4,7-9H,1,5-6H2. The second-order valence-electron chi connectivity index (χ2n) is 3.81. The predicted molar refractivity (Wildman–Crippen MR) is 71.8 cm³/mol. The number of allylic oxidation sites excluding steroid dienone is 1. The second kappa shape index (κ2) is 5.06. The van der Waals surface area contributed by atoms with Gasteiger partial charge in [0, 0.05) is 17.9 Å². The van der Waals surface area contributed by atoms with Crippen LogP contribution >= 0.6 is 12.2 Å². The Morgan fingerprint density at radius 3 is 2.94 bits per heavy atom. The topological polar surface area (TPSA) is 26.3 Å². The number of carbonyl (C=O) groups excluding carboxylic acids is 1. The zero-order chi connectivity index (χ0) is 12.3. The molecule has 0 amide bonds. The summed E-state index contributed by atoms with van der Waals surface area (Å²) in [4.78, 5) is 11.1. The van der Waals surface area contributed by atoms with E-state index >= 15 is 0 Å². The number of fused-ring (bicyclic) bond motifs is 1. The van der Waals surface area contributed by atoms with Crippen molar-refractivity contribution in [3.8, 4) is 0 Å². The first-order valence-corrected chi connectivity index (χ1v) is 5.83. The lowest BCUT2D eigenvalue weighted by Crippen LogP contribution is -2.06. The van der Waals surface area contributed by atoms with Crippen LogP contribution in [0.25, 0.3) is 6.08 Å². The van der Waals surface area contributed by atoms with Crippen molar-refractivity contribution < 1.29 is 9.53 Å². The second-order valence-corrected chi connectivity index (χ2v) is 4.05. The molecule has 0 unspecified atom stereocenters. The molecule has 0 fully saturated rings. The average Bonchev–Trinajstić information content (AvgIpc) is 2.38. The molecule has 0 spiro atoms. The van der Waals surface area contributed by atoms with Gasteiger partial charge >= 0.3 is 5.97 Å². The number of carbonyl (C=O) groups is 1. The molecule has 1 aromatic carbocycles. The van der Waals surface area contributed by atoms with E-state index in [2.05, 4.69) is 12.6 Å². The van der Waals surface area contributed by atoms with Gasteiger partial charge < -0.3 is 4.74 Å². The van der Waals surface area contributed by atoms with Gasteiger partial charge in [0.15, 0.2) is 0 Å². The van der Waals surface area contributed by atoms with Gasteiger partial charge in [0.05, 0.1) is 0 Å². The summed E-state index contributed by atoms with van der Waals surface area (Å²) >= 11 is 4.90. The van der Waals surface area contributed by atoms with Crippen LogP contribution in [0.5, 0.6) is 0 Å². The average molecular weight is 244 g/mol. The molecule has 0 saturated carbocycles. The van der Waals surface area contributed by atoms with Crippen molar-refractivity contribution in [3.63, 3.8) is 0 Å². The molecule has 17 heavy (non-hydrogen) atoms. The summed E-state index contributed by atoms with van der Waals surface area (Å²) in [5, 5.41) is 1.66. The lowest BCUT2D eigenvalue weighted by Gasteiger charge is -2.16. The molecule has 1 aliphatic carbocycles. The Kier molecular flexibility index (Phi) is 3.49. The van der Waals surface area contributed by atoms with Gasteiger partial charge in [-0.3, -0.25) is 0 Å². The molecule has 1 aromatic rings. The summed E-state index contributed by atoms with van der Waals surface area (Å²) in [5.74, 6) is 0.285. The van der Waals surface area contributed by atoms with E-state index in [9.17, 15) is 4.79 Å². The highest BCUT2D eigenvalue weighted by atomic mass is 32.1. The largest absolute Gasteiger partial charge is 0.428 e. The van der Waals surface area contributed by atoms with E-state index < -0.39 is 5.97 Å². The monoisotopic (exact) mass is 244 g/mol. The van der Waals surface area contributed by atoms with Crippen molar-refractivity contribution in [1.29, 1.82) is 0 Å². The van der Waals surface area contributed by atoms with Crippen LogP contribution in [0.1, 0.15) is 23.1 Å². The van der Waals surface area contributed by atoms with E-state index in [1.807, 2.05) is 18.2 Å². The third kappa shape index (κ3) is 2.68. The maximum absolute atomic E-state index is 11.1. The van der Waals surface area contributed by atoms with Crippen LogP contribution in [-0.4, -0.2) is 11.3 Å². The molecule has 86 valence electrons. The van der Waals surface area contributed by atoms with E-state index in [4.69, 9.17) is 17.0 Å². The normalized spacial score (nSPS) is 13.3. The number of thiocarbonyl (C=S) groups is 1. The highest BCUT2D eigenvalue weighted by molar-refractivity contribution is 7.79. The van der Waals surface area contributed by atoms with E-state index in [-0.39, 0.29) is 0 Å². The number of rotatable bonds is 3.